The third kappa shape index (κ3) is 4.23. The van der Waals surface area contributed by atoms with Crippen molar-refractivity contribution in [2.24, 2.45) is 17.8 Å². The zero-order chi connectivity index (χ0) is 18.0. The maximum Gasteiger partial charge on any atom is 0.225 e. The Morgan fingerprint density at radius 3 is 2.64 bits per heavy atom. The minimum Gasteiger partial charge on any atom is -0.353 e. The van der Waals surface area contributed by atoms with Crippen LogP contribution in [0.3, 0.4) is 0 Å². The van der Waals surface area contributed by atoms with E-state index in [1.807, 2.05) is 4.90 Å². The summed E-state index contributed by atoms with van der Waals surface area (Å²) in [4.78, 5) is 26.8. The fourth-order valence-corrected chi connectivity index (χ4v) is 4.10. The van der Waals surface area contributed by atoms with Crippen molar-refractivity contribution in [1.29, 1.82) is 0 Å². The molecule has 0 aromatic heterocycles. The van der Waals surface area contributed by atoms with Crippen molar-refractivity contribution in [3.63, 3.8) is 0 Å². The first kappa shape index (κ1) is 18.0. The number of rotatable bonds is 4. The number of carbonyl (C=O) groups is 2. The first-order valence-electron chi connectivity index (χ1n) is 9.57. The largest absolute Gasteiger partial charge is 0.353 e. The van der Waals surface area contributed by atoms with Gasteiger partial charge >= 0.3 is 0 Å². The molecule has 2 amide bonds. The Bertz CT molecular complexity index is 625. The molecular formula is C21H30N2O2. The van der Waals surface area contributed by atoms with E-state index in [0.29, 0.717) is 31.3 Å². The summed E-state index contributed by atoms with van der Waals surface area (Å²) in [6, 6.07) is 8.50. The van der Waals surface area contributed by atoms with Crippen molar-refractivity contribution in [2.75, 3.05) is 6.54 Å². The Morgan fingerprint density at radius 1 is 1.20 bits per heavy atom. The minimum atomic E-state index is -0.206. The van der Waals surface area contributed by atoms with Crippen LogP contribution in [0, 0.1) is 24.7 Å². The van der Waals surface area contributed by atoms with Crippen LogP contribution in [0.4, 0.5) is 0 Å². The van der Waals surface area contributed by atoms with Crippen molar-refractivity contribution in [3.8, 4) is 0 Å². The summed E-state index contributed by atoms with van der Waals surface area (Å²) in [7, 11) is 0. The molecule has 4 heteroatoms. The summed E-state index contributed by atoms with van der Waals surface area (Å²) in [6.45, 7) is 7.69. The van der Waals surface area contributed by atoms with Crippen LogP contribution in [0.2, 0.25) is 0 Å². The van der Waals surface area contributed by atoms with Crippen molar-refractivity contribution < 1.29 is 9.59 Å². The van der Waals surface area contributed by atoms with Crippen LogP contribution in [0.25, 0.3) is 0 Å². The highest BCUT2D eigenvalue weighted by atomic mass is 16.2. The number of nitrogens with one attached hydrogen (secondary N) is 1. The highest BCUT2D eigenvalue weighted by Crippen LogP contribution is 2.30. The van der Waals surface area contributed by atoms with Gasteiger partial charge in [0.1, 0.15) is 0 Å². The number of carbonyl (C=O) groups excluding carboxylic acids is 2. The van der Waals surface area contributed by atoms with Gasteiger partial charge in [-0.15, -0.1) is 0 Å². The molecule has 4 nitrogen and oxygen atoms in total. The van der Waals surface area contributed by atoms with Gasteiger partial charge in [-0.25, -0.2) is 0 Å². The monoisotopic (exact) mass is 342 g/mol. The second-order valence-corrected chi connectivity index (χ2v) is 8.04. The summed E-state index contributed by atoms with van der Waals surface area (Å²) in [5.41, 5.74) is 2.33. The van der Waals surface area contributed by atoms with Crippen molar-refractivity contribution in [3.05, 3.63) is 35.4 Å². The first-order chi connectivity index (χ1) is 11.9. The Balaban J connectivity index is 1.56. The highest BCUT2D eigenvalue weighted by molar-refractivity contribution is 5.89. The van der Waals surface area contributed by atoms with E-state index < -0.39 is 0 Å². The molecule has 0 bridgehead atoms. The van der Waals surface area contributed by atoms with Crippen LogP contribution in [0.15, 0.2) is 24.3 Å². The van der Waals surface area contributed by atoms with E-state index in [1.54, 1.807) is 0 Å². The van der Waals surface area contributed by atoms with Gasteiger partial charge in [-0.1, -0.05) is 56.5 Å². The number of hydrogen-bond acceptors (Lipinski definition) is 2. The van der Waals surface area contributed by atoms with Crippen LogP contribution in [-0.4, -0.2) is 29.3 Å². The molecule has 3 rings (SSSR count). The zero-order valence-electron chi connectivity index (χ0n) is 15.6. The maximum absolute atomic E-state index is 12.7. The highest BCUT2D eigenvalue weighted by Gasteiger charge is 2.36. The predicted molar refractivity (Wildman–Crippen MR) is 98.8 cm³/mol. The SMILES string of the molecule is Cc1ccc(CN2C[C@@H](C(=O)N[C@@H]3CCC[C@@H](C)[C@@H]3C)CC2=O)cc1. The van der Waals surface area contributed by atoms with Crippen molar-refractivity contribution in [2.45, 2.75) is 59.0 Å². The molecule has 1 aliphatic heterocycles. The lowest BCUT2D eigenvalue weighted by molar-refractivity contribution is -0.129. The molecular weight excluding hydrogens is 312 g/mol. The molecule has 2 aliphatic rings. The standard InChI is InChI=1S/C21H30N2O2/c1-14-7-9-17(10-8-14)12-23-13-18(11-20(23)24)21(25)22-19-6-4-5-15(2)16(19)3/h7-10,15-16,18-19H,4-6,11-13H2,1-3H3,(H,22,25)/t15-,16+,18+,19-/m1/s1. The average Bonchev–Trinajstić information content (AvgIpc) is 2.95. The van der Waals surface area contributed by atoms with Crippen LogP contribution in [0.5, 0.6) is 0 Å². The summed E-state index contributed by atoms with van der Waals surface area (Å²) >= 11 is 0. The fourth-order valence-electron chi connectivity index (χ4n) is 4.10. The molecule has 1 heterocycles. The van der Waals surface area contributed by atoms with Gasteiger partial charge in [0, 0.05) is 25.6 Å². The van der Waals surface area contributed by atoms with Gasteiger partial charge in [-0.3, -0.25) is 9.59 Å². The summed E-state index contributed by atoms with van der Waals surface area (Å²) in [5.74, 6) is 1.11. The Morgan fingerprint density at radius 2 is 1.92 bits per heavy atom. The summed E-state index contributed by atoms with van der Waals surface area (Å²) in [5, 5.41) is 3.24. The quantitative estimate of drug-likeness (QED) is 0.913. The van der Waals surface area contributed by atoms with Gasteiger partial charge < -0.3 is 10.2 Å². The van der Waals surface area contributed by atoms with Crippen LogP contribution in [0.1, 0.15) is 50.7 Å². The predicted octanol–water partition coefficient (Wildman–Crippen LogP) is 3.28. The Kier molecular flexibility index (Phi) is 5.45. The molecule has 136 valence electrons. The summed E-state index contributed by atoms with van der Waals surface area (Å²) in [6.07, 6.45) is 3.83. The molecule has 2 fully saturated rings. The molecule has 0 unspecified atom stereocenters. The molecule has 0 spiro atoms. The van der Waals surface area contributed by atoms with Crippen LogP contribution >= 0.6 is 0 Å². The smallest absolute Gasteiger partial charge is 0.225 e. The molecule has 0 radical (unpaired) electrons. The molecule has 4 atom stereocenters. The minimum absolute atomic E-state index is 0.0608. The Labute approximate surface area is 151 Å². The van der Waals surface area contributed by atoms with E-state index in [1.165, 1.54) is 18.4 Å². The van der Waals surface area contributed by atoms with E-state index in [-0.39, 0.29) is 23.8 Å². The van der Waals surface area contributed by atoms with E-state index in [2.05, 4.69) is 50.4 Å². The third-order valence-corrected chi connectivity index (χ3v) is 6.11. The normalized spacial score (nSPS) is 29.7. The van der Waals surface area contributed by atoms with Gasteiger partial charge in [-0.05, 0) is 30.7 Å². The first-order valence-corrected chi connectivity index (χ1v) is 9.57. The van der Waals surface area contributed by atoms with Crippen LogP contribution in [-0.2, 0) is 16.1 Å². The lowest BCUT2D eigenvalue weighted by Gasteiger charge is -2.35. The van der Waals surface area contributed by atoms with Crippen molar-refractivity contribution >= 4 is 11.8 Å². The lowest BCUT2D eigenvalue weighted by atomic mass is 9.78. The number of hydrogen-bond donors (Lipinski definition) is 1. The maximum atomic E-state index is 12.7. The van der Waals surface area contributed by atoms with Gasteiger partial charge in [0.25, 0.3) is 0 Å². The molecule has 1 aromatic rings. The second kappa shape index (κ2) is 7.59. The van der Waals surface area contributed by atoms with Gasteiger partial charge in [0.15, 0.2) is 0 Å². The molecule has 1 saturated carbocycles. The third-order valence-electron chi connectivity index (χ3n) is 6.11. The number of benzene rings is 1. The average molecular weight is 342 g/mol. The van der Waals surface area contributed by atoms with Crippen molar-refractivity contribution in [1.82, 2.24) is 10.2 Å². The van der Waals surface area contributed by atoms with Gasteiger partial charge in [0.05, 0.1) is 5.92 Å². The summed E-state index contributed by atoms with van der Waals surface area (Å²) < 4.78 is 0. The van der Waals surface area contributed by atoms with Crippen LogP contribution < -0.4 is 5.32 Å². The van der Waals surface area contributed by atoms with Gasteiger partial charge in [-0.2, -0.15) is 0 Å². The number of amides is 2. The topological polar surface area (TPSA) is 49.4 Å². The molecule has 1 saturated heterocycles. The number of aryl methyl sites for hydroxylation is 1. The number of likely N-dealkylation sites (tertiary alicyclic amines) is 1. The van der Waals surface area contributed by atoms with E-state index >= 15 is 0 Å². The van der Waals surface area contributed by atoms with E-state index in [0.717, 1.165) is 12.0 Å². The molecule has 25 heavy (non-hydrogen) atoms. The zero-order valence-corrected chi connectivity index (χ0v) is 15.6. The lowest BCUT2D eigenvalue weighted by Crippen LogP contribution is -2.46. The van der Waals surface area contributed by atoms with Gasteiger partial charge in [0.2, 0.25) is 11.8 Å². The fraction of sp³-hybridized carbons (Fsp3) is 0.619. The molecule has 1 aromatic carbocycles. The molecule has 1 N–H and O–H groups in total. The molecule has 1 aliphatic carbocycles. The second-order valence-electron chi connectivity index (χ2n) is 8.04. The van der Waals surface area contributed by atoms with E-state index in [9.17, 15) is 9.59 Å². The van der Waals surface area contributed by atoms with E-state index in [4.69, 9.17) is 0 Å². The Hall–Kier alpha value is -1.84. The number of nitrogens with zero attached hydrogens (tertiary/aromatic N) is 1.